The van der Waals surface area contributed by atoms with Crippen LogP contribution in [0.25, 0.3) is 0 Å². The molecule has 6 heteroatoms. The molecule has 2 aromatic heterocycles. The lowest BCUT2D eigenvalue weighted by Gasteiger charge is -2.21. The number of rotatable bonds is 4. The van der Waals surface area contributed by atoms with Crippen molar-refractivity contribution < 1.29 is 13.8 Å². The Bertz CT molecular complexity index is 730. The van der Waals surface area contributed by atoms with Gasteiger partial charge in [0.25, 0.3) is 5.91 Å². The zero-order valence-corrected chi connectivity index (χ0v) is 14.7. The van der Waals surface area contributed by atoms with Gasteiger partial charge in [-0.2, -0.15) is 0 Å². The molecule has 4 rings (SSSR count). The standard InChI is InChI=1S/C19H25N3O3/c1-2-14-11-17(24-20-14)16-9-6-10-22(16)19(23)18-12-15(21-25-18)13-7-4-3-5-8-13/h11-13,16H,2-10H2,1H3. The van der Waals surface area contributed by atoms with E-state index in [-0.39, 0.29) is 11.9 Å². The Balaban J connectivity index is 1.50. The first-order valence-corrected chi connectivity index (χ1v) is 9.49. The molecule has 0 radical (unpaired) electrons. The van der Waals surface area contributed by atoms with E-state index in [0.717, 1.165) is 49.3 Å². The summed E-state index contributed by atoms with van der Waals surface area (Å²) in [5.41, 5.74) is 1.86. The lowest BCUT2D eigenvalue weighted by atomic mass is 9.87. The SMILES string of the molecule is CCc1cc(C2CCCN2C(=O)c2cc(C3CCCCC3)no2)on1. The average molecular weight is 343 g/mol. The maximum Gasteiger partial charge on any atom is 0.293 e. The molecule has 134 valence electrons. The minimum Gasteiger partial charge on any atom is -0.359 e. The first-order valence-electron chi connectivity index (χ1n) is 9.49. The first-order chi connectivity index (χ1) is 12.3. The molecule has 6 nitrogen and oxygen atoms in total. The van der Waals surface area contributed by atoms with Gasteiger partial charge in [0.05, 0.1) is 17.4 Å². The van der Waals surface area contributed by atoms with Crippen LogP contribution >= 0.6 is 0 Å². The predicted molar refractivity (Wildman–Crippen MR) is 91.2 cm³/mol. The molecule has 0 aromatic carbocycles. The number of aryl methyl sites for hydroxylation is 1. The van der Waals surface area contributed by atoms with Gasteiger partial charge in [-0.3, -0.25) is 4.79 Å². The van der Waals surface area contributed by atoms with Gasteiger partial charge in [0.15, 0.2) is 5.76 Å². The molecule has 25 heavy (non-hydrogen) atoms. The number of likely N-dealkylation sites (tertiary alicyclic amines) is 1. The molecule has 1 atom stereocenters. The van der Waals surface area contributed by atoms with Crippen LogP contribution in [0.5, 0.6) is 0 Å². The van der Waals surface area contributed by atoms with Gasteiger partial charge in [0, 0.05) is 24.6 Å². The number of amides is 1. The second kappa shape index (κ2) is 7.02. The minimum absolute atomic E-state index is 0.0523. The molecule has 3 heterocycles. The molecular formula is C19H25N3O3. The highest BCUT2D eigenvalue weighted by molar-refractivity contribution is 5.92. The van der Waals surface area contributed by atoms with Gasteiger partial charge >= 0.3 is 0 Å². The van der Waals surface area contributed by atoms with Crippen LogP contribution < -0.4 is 0 Å². The van der Waals surface area contributed by atoms with E-state index >= 15 is 0 Å². The van der Waals surface area contributed by atoms with E-state index < -0.39 is 0 Å². The summed E-state index contributed by atoms with van der Waals surface area (Å²) < 4.78 is 10.9. The van der Waals surface area contributed by atoms with Crippen molar-refractivity contribution in [3.63, 3.8) is 0 Å². The third kappa shape index (κ3) is 3.22. The number of hydrogen-bond donors (Lipinski definition) is 0. The Hall–Kier alpha value is -2.11. The van der Waals surface area contributed by atoms with Crippen molar-refractivity contribution >= 4 is 5.91 Å². The molecule has 1 saturated carbocycles. The third-order valence-corrected chi connectivity index (χ3v) is 5.54. The van der Waals surface area contributed by atoms with Crippen LogP contribution in [-0.4, -0.2) is 27.7 Å². The highest BCUT2D eigenvalue weighted by Gasteiger charge is 2.35. The molecule has 0 bridgehead atoms. The molecule has 2 aromatic rings. The fourth-order valence-electron chi connectivity index (χ4n) is 4.08. The Morgan fingerprint density at radius 2 is 1.96 bits per heavy atom. The van der Waals surface area contributed by atoms with Gasteiger partial charge in [-0.25, -0.2) is 0 Å². The van der Waals surface area contributed by atoms with Gasteiger partial charge in [0.1, 0.15) is 0 Å². The summed E-state index contributed by atoms with van der Waals surface area (Å²) in [6.07, 6.45) is 8.74. The molecule has 1 aliphatic carbocycles. The number of aromatic nitrogens is 2. The Kier molecular flexibility index (Phi) is 4.59. The van der Waals surface area contributed by atoms with Gasteiger partial charge in [0.2, 0.25) is 5.76 Å². The summed E-state index contributed by atoms with van der Waals surface area (Å²) in [5, 5.41) is 8.25. The maximum absolute atomic E-state index is 12.9. The van der Waals surface area contributed by atoms with Gasteiger partial charge < -0.3 is 13.9 Å². The molecular weight excluding hydrogens is 318 g/mol. The van der Waals surface area contributed by atoms with E-state index in [4.69, 9.17) is 9.05 Å². The van der Waals surface area contributed by atoms with Crippen molar-refractivity contribution in [1.82, 2.24) is 15.2 Å². The van der Waals surface area contributed by atoms with E-state index in [0.29, 0.717) is 18.2 Å². The van der Waals surface area contributed by atoms with Crippen LogP contribution in [0.15, 0.2) is 21.2 Å². The summed E-state index contributed by atoms with van der Waals surface area (Å²) in [4.78, 5) is 14.8. The monoisotopic (exact) mass is 343 g/mol. The Morgan fingerprint density at radius 3 is 2.72 bits per heavy atom. The number of nitrogens with zero attached hydrogens (tertiary/aromatic N) is 3. The fraction of sp³-hybridized carbons (Fsp3) is 0.632. The normalized spacial score (nSPS) is 21.8. The van der Waals surface area contributed by atoms with Gasteiger partial charge in [-0.1, -0.05) is 36.5 Å². The number of hydrogen-bond acceptors (Lipinski definition) is 5. The molecule has 1 unspecified atom stereocenters. The topological polar surface area (TPSA) is 72.4 Å². The first kappa shape index (κ1) is 16.4. The maximum atomic E-state index is 12.9. The zero-order valence-electron chi connectivity index (χ0n) is 14.7. The second-order valence-electron chi connectivity index (χ2n) is 7.18. The third-order valence-electron chi connectivity index (χ3n) is 5.54. The number of carbonyl (C=O) groups is 1. The zero-order chi connectivity index (χ0) is 17.2. The largest absolute Gasteiger partial charge is 0.359 e. The summed E-state index contributed by atoms with van der Waals surface area (Å²) in [6, 6.07) is 3.76. The Morgan fingerprint density at radius 1 is 1.12 bits per heavy atom. The van der Waals surface area contributed by atoms with Crippen molar-refractivity contribution in [3.8, 4) is 0 Å². The molecule has 1 amide bonds. The van der Waals surface area contributed by atoms with E-state index in [9.17, 15) is 4.79 Å². The summed E-state index contributed by atoms with van der Waals surface area (Å²) in [5.74, 6) is 1.47. The lowest BCUT2D eigenvalue weighted by molar-refractivity contribution is 0.0672. The smallest absolute Gasteiger partial charge is 0.293 e. The summed E-state index contributed by atoms with van der Waals surface area (Å²) in [7, 11) is 0. The van der Waals surface area contributed by atoms with E-state index in [2.05, 4.69) is 10.3 Å². The van der Waals surface area contributed by atoms with Crippen LogP contribution in [0.4, 0.5) is 0 Å². The molecule has 1 aliphatic heterocycles. The molecule has 0 N–H and O–H groups in total. The van der Waals surface area contributed by atoms with Crippen LogP contribution in [0.1, 0.15) is 91.5 Å². The van der Waals surface area contributed by atoms with Crippen LogP contribution in [0, 0.1) is 0 Å². The predicted octanol–water partition coefficient (Wildman–Crippen LogP) is 4.25. The quantitative estimate of drug-likeness (QED) is 0.830. The van der Waals surface area contributed by atoms with Crippen molar-refractivity contribution in [3.05, 3.63) is 35.0 Å². The van der Waals surface area contributed by atoms with E-state index in [1.807, 2.05) is 24.0 Å². The van der Waals surface area contributed by atoms with Crippen LogP contribution in [0.3, 0.4) is 0 Å². The molecule has 0 spiro atoms. The van der Waals surface area contributed by atoms with Crippen molar-refractivity contribution in [2.24, 2.45) is 0 Å². The van der Waals surface area contributed by atoms with Crippen LogP contribution in [0.2, 0.25) is 0 Å². The lowest BCUT2D eigenvalue weighted by Crippen LogP contribution is -2.30. The molecule has 1 saturated heterocycles. The number of carbonyl (C=O) groups excluding carboxylic acids is 1. The van der Waals surface area contributed by atoms with E-state index in [1.54, 1.807) is 0 Å². The molecule has 2 aliphatic rings. The van der Waals surface area contributed by atoms with E-state index in [1.165, 1.54) is 19.3 Å². The van der Waals surface area contributed by atoms with Crippen molar-refractivity contribution in [2.75, 3.05) is 6.54 Å². The second-order valence-corrected chi connectivity index (χ2v) is 7.18. The average Bonchev–Trinajstić information content (AvgIpc) is 3.41. The minimum atomic E-state index is -0.0912. The van der Waals surface area contributed by atoms with Crippen LogP contribution in [-0.2, 0) is 6.42 Å². The molecule has 2 fully saturated rings. The van der Waals surface area contributed by atoms with Crippen molar-refractivity contribution in [1.29, 1.82) is 0 Å². The summed E-state index contributed by atoms with van der Waals surface area (Å²) >= 11 is 0. The summed E-state index contributed by atoms with van der Waals surface area (Å²) in [6.45, 7) is 2.76. The Labute approximate surface area is 147 Å². The fourth-order valence-corrected chi connectivity index (χ4v) is 4.08. The van der Waals surface area contributed by atoms with Gasteiger partial charge in [-0.15, -0.1) is 0 Å². The van der Waals surface area contributed by atoms with Gasteiger partial charge in [-0.05, 0) is 32.1 Å². The highest BCUT2D eigenvalue weighted by Crippen LogP contribution is 2.35. The highest BCUT2D eigenvalue weighted by atomic mass is 16.5. The van der Waals surface area contributed by atoms with Crippen molar-refractivity contribution in [2.45, 2.75) is 70.3 Å².